The summed E-state index contributed by atoms with van der Waals surface area (Å²) in [5.74, 6) is -0.905. The Morgan fingerprint density at radius 3 is 2.08 bits per heavy atom. The molecule has 3 rings (SSSR count). The molecule has 0 atom stereocenters. The summed E-state index contributed by atoms with van der Waals surface area (Å²) in [7, 11) is 0. The standard InChI is InChI=1S/C21H19NO2/c23-21(24)19-12-11-17(13-20(19)18-9-5-2-6-10-18)15-22-14-16-7-3-1-4-8-16/h1-13,22H,14-15H2,(H,23,24). The van der Waals surface area contributed by atoms with Gasteiger partial charge in [-0.1, -0.05) is 66.7 Å². The van der Waals surface area contributed by atoms with Gasteiger partial charge >= 0.3 is 5.97 Å². The lowest BCUT2D eigenvalue weighted by molar-refractivity contribution is 0.0697. The van der Waals surface area contributed by atoms with Crippen LogP contribution in [0.25, 0.3) is 11.1 Å². The Labute approximate surface area is 141 Å². The molecule has 0 amide bonds. The van der Waals surface area contributed by atoms with E-state index in [4.69, 9.17) is 0 Å². The smallest absolute Gasteiger partial charge is 0.336 e. The zero-order valence-corrected chi connectivity index (χ0v) is 13.3. The van der Waals surface area contributed by atoms with E-state index in [9.17, 15) is 9.90 Å². The number of benzene rings is 3. The molecular weight excluding hydrogens is 298 g/mol. The number of hydrogen-bond acceptors (Lipinski definition) is 2. The van der Waals surface area contributed by atoms with Gasteiger partial charge in [-0.15, -0.1) is 0 Å². The van der Waals surface area contributed by atoms with E-state index in [1.165, 1.54) is 5.56 Å². The van der Waals surface area contributed by atoms with E-state index in [0.717, 1.165) is 23.2 Å². The molecule has 0 fully saturated rings. The molecule has 0 saturated heterocycles. The van der Waals surface area contributed by atoms with E-state index in [1.54, 1.807) is 6.07 Å². The Hall–Kier alpha value is -2.91. The molecule has 3 nitrogen and oxygen atoms in total. The molecule has 0 unspecified atom stereocenters. The largest absolute Gasteiger partial charge is 0.478 e. The number of nitrogens with one attached hydrogen (secondary N) is 1. The summed E-state index contributed by atoms with van der Waals surface area (Å²) >= 11 is 0. The second-order valence-electron chi connectivity index (χ2n) is 5.64. The molecule has 0 bridgehead atoms. The van der Waals surface area contributed by atoms with Gasteiger partial charge in [0.15, 0.2) is 0 Å². The van der Waals surface area contributed by atoms with E-state index in [0.29, 0.717) is 12.1 Å². The van der Waals surface area contributed by atoms with Crippen LogP contribution in [0.3, 0.4) is 0 Å². The van der Waals surface area contributed by atoms with Crippen LogP contribution >= 0.6 is 0 Å². The van der Waals surface area contributed by atoms with Crippen molar-refractivity contribution in [2.45, 2.75) is 13.1 Å². The van der Waals surface area contributed by atoms with Crippen LogP contribution < -0.4 is 5.32 Å². The van der Waals surface area contributed by atoms with Gasteiger partial charge in [-0.25, -0.2) is 4.79 Å². The monoisotopic (exact) mass is 317 g/mol. The van der Waals surface area contributed by atoms with Crippen LogP contribution in [0.1, 0.15) is 21.5 Å². The van der Waals surface area contributed by atoms with Crippen molar-refractivity contribution in [3.8, 4) is 11.1 Å². The van der Waals surface area contributed by atoms with Gasteiger partial charge in [-0.3, -0.25) is 0 Å². The van der Waals surface area contributed by atoms with E-state index < -0.39 is 5.97 Å². The van der Waals surface area contributed by atoms with Crippen LogP contribution in [0.4, 0.5) is 0 Å². The fourth-order valence-electron chi connectivity index (χ4n) is 2.69. The Morgan fingerprint density at radius 1 is 0.792 bits per heavy atom. The summed E-state index contributed by atoms with van der Waals surface area (Å²) in [5, 5.41) is 12.8. The highest BCUT2D eigenvalue weighted by Gasteiger charge is 2.12. The normalized spacial score (nSPS) is 10.5. The number of carboxylic acid groups (broad SMARTS) is 1. The minimum absolute atomic E-state index is 0.327. The zero-order valence-electron chi connectivity index (χ0n) is 13.3. The van der Waals surface area contributed by atoms with Crippen molar-refractivity contribution in [3.05, 3.63) is 95.6 Å². The highest BCUT2D eigenvalue weighted by molar-refractivity contribution is 5.96. The maximum Gasteiger partial charge on any atom is 0.336 e. The molecule has 0 saturated carbocycles. The number of aromatic carboxylic acids is 1. The Kier molecular flexibility index (Phi) is 5.04. The number of carbonyl (C=O) groups is 1. The molecule has 3 aromatic rings. The Balaban J connectivity index is 1.78. The lowest BCUT2D eigenvalue weighted by Gasteiger charge is -2.10. The van der Waals surface area contributed by atoms with Gasteiger partial charge in [0.1, 0.15) is 0 Å². The average molecular weight is 317 g/mol. The fraction of sp³-hybridized carbons (Fsp3) is 0.0952. The molecule has 0 aliphatic heterocycles. The minimum atomic E-state index is -0.905. The third-order valence-corrected chi connectivity index (χ3v) is 3.90. The second kappa shape index (κ2) is 7.57. The van der Waals surface area contributed by atoms with Crippen molar-refractivity contribution in [3.63, 3.8) is 0 Å². The number of hydrogen-bond donors (Lipinski definition) is 2. The molecular formula is C21H19NO2. The molecule has 24 heavy (non-hydrogen) atoms. The van der Waals surface area contributed by atoms with Crippen molar-refractivity contribution >= 4 is 5.97 Å². The first-order valence-corrected chi connectivity index (χ1v) is 7.90. The molecule has 0 radical (unpaired) electrons. The Bertz CT molecular complexity index is 814. The van der Waals surface area contributed by atoms with Gasteiger partial charge in [0, 0.05) is 13.1 Å². The predicted octanol–water partition coefficient (Wildman–Crippen LogP) is 4.34. The van der Waals surface area contributed by atoms with Gasteiger partial charge in [-0.2, -0.15) is 0 Å². The first-order chi connectivity index (χ1) is 11.7. The maximum atomic E-state index is 11.5. The first kappa shape index (κ1) is 16.0. The molecule has 120 valence electrons. The van der Waals surface area contributed by atoms with Crippen LogP contribution in [-0.4, -0.2) is 11.1 Å². The zero-order chi connectivity index (χ0) is 16.8. The molecule has 0 heterocycles. The van der Waals surface area contributed by atoms with E-state index in [-0.39, 0.29) is 0 Å². The van der Waals surface area contributed by atoms with Crippen molar-refractivity contribution < 1.29 is 9.90 Å². The van der Waals surface area contributed by atoms with Gasteiger partial charge in [-0.05, 0) is 34.4 Å². The SMILES string of the molecule is O=C(O)c1ccc(CNCc2ccccc2)cc1-c1ccccc1. The summed E-state index contributed by atoms with van der Waals surface area (Å²) in [4.78, 5) is 11.5. The third kappa shape index (κ3) is 3.89. The van der Waals surface area contributed by atoms with Crippen LogP contribution in [0.2, 0.25) is 0 Å². The van der Waals surface area contributed by atoms with E-state index in [2.05, 4.69) is 17.4 Å². The van der Waals surface area contributed by atoms with Gasteiger partial charge < -0.3 is 10.4 Å². The van der Waals surface area contributed by atoms with Crippen LogP contribution in [0, 0.1) is 0 Å². The lowest BCUT2D eigenvalue weighted by Crippen LogP contribution is -2.13. The lowest BCUT2D eigenvalue weighted by atomic mass is 9.97. The fourth-order valence-corrected chi connectivity index (χ4v) is 2.69. The first-order valence-electron chi connectivity index (χ1n) is 7.90. The van der Waals surface area contributed by atoms with Crippen molar-refractivity contribution in [1.82, 2.24) is 5.32 Å². The number of carboxylic acids is 1. The third-order valence-electron chi connectivity index (χ3n) is 3.90. The molecule has 2 N–H and O–H groups in total. The van der Waals surface area contributed by atoms with Gasteiger partial charge in [0.25, 0.3) is 0 Å². The van der Waals surface area contributed by atoms with E-state index in [1.807, 2.05) is 60.7 Å². The highest BCUT2D eigenvalue weighted by atomic mass is 16.4. The van der Waals surface area contributed by atoms with Gasteiger partial charge in [0.2, 0.25) is 0 Å². The summed E-state index contributed by atoms with van der Waals surface area (Å²) in [6, 6.07) is 25.3. The summed E-state index contributed by atoms with van der Waals surface area (Å²) in [5.41, 5.74) is 4.28. The Morgan fingerprint density at radius 2 is 1.42 bits per heavy atom. The van der Waals surface area contributed by atoms with Crippen molar-refractivity contribution in [2.75, 3.05) is 0 Å². The highest BCUT2D eigenvalue weighted by Crippen LogP contribution is 2.25. The van der Waals surface area contributed by atoms with Gasteiger partial charge in [0.05, 0.1) is 5.56 Å². The van der Waals surface area contributed by atoms with Crippen LogP contribution in [0.15, 0.2) is 78.9 Å². The summed E-state index contributed by atoms with van der Waals surface area (Å²) < 4.78 is 0. The molecule has 0 spiro atoms. The minimum Gasteiger partial charge on any atom is -0.478 e. The molecule has 0 aromatic heterocycles. The molecule has 0 aliphatic carbocycles. The average Bonchev–Trinajstić information content (AvgIpc) is 2.63. The topological polar surface area (TPSA) is 49.3 Å². The second-order valence-corrected chi connectivity index (χ2v) is 5.64. The predicted molar refractivity (Wildman–Crippen MR) is 95.8 cm³/mol. The van der Waals surface area contributed by atoms with Crippen molar-refractivity contribution in [2.24, 2.45) is 0 Å². The van der Waals surface area contributed by atoms with Crippen LogP contribution in [-0.2, 0) is 13.1 Å². The molecule has 0 aliphatic rings. The maximum absolute atomic E-state index is 11.5. The summed E-state index contributed by atoms with van der Waals surface area (Å²) in [6.45, 7) is 1.47. The van der Waals surface area contributed by atoms with Crippen molar-refractivity contribution in [1.29, 1.82) is 0 Å². The quantitative estimate of drug-likeness (QED) is 0.711. The molecule has 3 heteroatoms. The van der Waals surface area contributed by atoms with E-state index >= 15 is 0 Å². The van der Waals surface area contributed by atoms with Crippen LogP contribution in [0.5, 0.6) is 0 Å². The number of rotatable bonds is 6. The molecule has 3 aromatic carbocycles. The summed E-state index contributed by atoms with van der Waals surface area (Å²) in [6.07, 6.45) is 0.